The average molecular weight is 287 g/mol. The number of ether oxygens (including phenoxy) is 1. The predicted molar refractivity (Wildman–Crippen MR) is 72.0 cm³/mol. The number of methoxy groups -OCH3 is 1. The lowest BCUT2D eigenvalue weighted by Gasteiger charge is -2.08. The molecule has 0 amide bonds. The number of hydrogen-bond acceptors (Lipinski definition) is 4. The summed E-state index contributed by atoms with van der Waals surface area (Å²) < 4.78 is 42.3. The highest BCUT2D eigenvalue weighted by Gasteiger charge is 2.30. The third-order valence-electron chi connectivity index (χ3n) is 2.37. The van der Waals surface area contributed by atoms with E-state index in [0.29, 0.717) is 12.1 Å². The van der Waals surface area contributed by atoms with Crippen LogP contribution in [0.2, 0.25) is 0 Å². The molecule has 1 aromatic carbocycles. The monoisotopic (exact) mass is 287 g/mol. The Morgan fingerprint density at radius 1 is 1.30 bits per heavy atom. The second-order valence-corrected chi connectivity index (χ2v) is 3.79. The van der Waals surface area contributed by atoms with Crippen molar-refractivity contribution in [2.24, 2.45) is 10.2 Å². The third-order valence-corrected chi connectivity index (χ3v) is 2.37. The molecule has 1 rings (SSSR count). The van der Waals surface area contributed by atoms with Gasteiger partial charge in [0, 0.05) is 18.3 Å². The van der Waals surface area contributed by atoms with Crippen LogP contribution < -0.4 is 5.32 Å². The van der Waals surface area contributed by atoms with Crippen molar-refractivity contribution in [2.75, 3.05) is 20.2 Å². The van der Waals surface area contributed by atoms with E-state index in [9.17, 15) is 13.2 Å². The lowest BCUT2D eigenvalue weighted by Crippen LogP contribution is -2.14. The Kier molecular flexibility index (Phi) is 6.17. The summed E-state index contributed by atoms with van der Waals surface area (Å²) >= 11 is 0. The molecule has 1 aromatic rings. The van der Waals surface area contributed by atoms with E-state index in [1.54, 1.807) is 6.21 Å². The summed E-state index contributed by atoms with van der Waals surface area (Å²) in [5.74, 6) is 0.159. The van der Waals surface area contributed by atoms with Gasteiger partial charge in [0.15, 0.2) is 0 Å². The normalized spacial score (nSPS) is 12.9. The lowest BCUT2D eigenvalue weighted by molar-refractivity contribution is -0.137. The number of nitrogens with one attached hydrogen (secondary N) is 1. The SMILES string of the molecule is CCNC/C=N/N=C(\OC)c1ccc(C(F)(F)F)cc1. The van der Waals surface area contributed by atoms with E-state index < -0.39 is 11.7 Å². The molecule has 0 radical (unpaired) electrons. The summed E-state index contributed by atoms with van der Waals surface area (Å²) in [6.45, 7) is 3.33. The van der Waals surface area contributed by atoms with Crippen molar-refractivity contribution in [1.29, 1.82) is 0 Å². The maximum Gasteiger partial charge on any atom is 0.416 e. The number of halogens is 3. The molecule has 0 aliphatic carbocycles. The minimum absolute atomic E-state index is 0.159. The fourth-order valence-electron chi connectivity index (χ4n) is 1.36. The van der Waals surface area contributed by atoms with Gasteiger partial charge in [-0.2, -0.15) is 18.3 Å². The molecule has 20 heavy (non-hydrogen) atoms. The molecule has 7 heteroatoms. The molecule has 0 bridgehead atoms. The molecule has 0 spiro atoms. The topological polar surface area (TPSA) is 46.0 Å². The van der Waals surface area contributed by atoms with Gasteiger partial charge in [-0.15, -0.1) is 5.10 Å². The first-order valence-electron chi connectivity index (χ1n) is 6.00. The number of benzene rings is 1. The van der Waals surface area contributed by atoms with Crippen molar-refractivity contribution < 1.29 is 17.9 Å². The van der Waals surface area contributed by atoms with Crippen LogP contribution in [0.1, 0.15) is 18.1 Å². The fourth-order valence-corrected chi connectivity index (χ4v) is 1.36. The zero-order valence-corrected chi connectivity index (χ0v) is 11.2. The summed E-state index contributed by atoms with van der Waals surface area (Å²) in [7, 11) is 1.39. The highest BCUT2D eigenvalue weighted by molar-refractivity contribution is 5.94. The van der Waals surface area contributed by atoms with Gasteiger partial charge in [0.05, 0.1) is 12.7 Å². The first-order chi connectivity index (χ1) is 9.49. The van der Waals surface area contributed by atoms with Crippen LogP contribution in [0.15, 0.2) is 34.5 Å². The second-order valence-electron chi connectivity index (χ2n) is 3.79. The Labute approximate surface area is 115 Å². The Morgan fingerprint density at radius 3 is 2.45 bits per heavy atom. The largest absolute Gasteiger partial charge is 0.479 e. The van der Waals surface area contributed by atoms with E-state index in [2.05, 4.69) is 15.5 Å². The van der Waals surface area contributed by atoms with Gasteiger partial charge in [-0.05, 0) is 30.8 Å². The molecule has 0 unspecified atom stereocenters. The van der Waals surface area contributed by atoms with Gasteiger partial charge in [0.25, 0.3) is 0 Å². The standard InChI is InChI=1S/C13H16F3N3O/c1-3-17-8-9-18-19-12(20-2)10-4-6-11(7-5-10)13(14,15)16/h4-7,9,17H,3,8H2,1-2H3/b18-9+,19-12-. The average Bonchev–Trinajstić information content (AvgIpc) is 2.42. The van der Waals surface area contributed by atoms with Crippen LogP contribution in [0.4, 0.5) is 13.2 Å². The molecule has 0 saturated heterocycles. The summed E-state index contributed by atoms with van der Waals surface area (Å²) in [5.41, 5.74) is -0.284. The maximum atomic E-state index is 12.4. The van der Waals surface area contributed by atoms with Crippen molar-refractivity contribution >= 4 is 12.1 Å². The van der Waals surface area contributed by atoms with E-state index in [0.717, 1.165) is 18.7 Å². The van der Waals surface area contributed by atoms with E-state index in [4.69, 9.17) is 4.74 Å². The zero-order chi connectivity index (χ0) is 15.0. The van der Waals surface area contributed by atoms with Gasteiger partial charge < -0.3 is 10.1 Å². The molecule has 0 aliphatic rings. The smallest absolute Gasteiger partial charge is 0.416 e. The molecule has 0 heterocycles. The Bertz CT molecular complexity index is 467. The molecule has 0 saturated carbocycles. The van der Waals surface area contributed by atoms with Gasteiger partial charge >= 0.3 is 6.18 Å². The summed E-state index contributed by atoms with van der Waals surface area (Å²) in [4.78, 5) is 0. The van der Waals surface area contributed by atoms with Crippen molar-refractivity contribution in [3.8, 4) is 0 Å². The Morgan fingerprint density at radius 2 is 1.95 bits per heavy atom. The lowest BCUT2D eigenvalue weighted by atomic mass is 10.1. The first-order valence-corrected chi connectivity index (χ1v) is 6.00. The van der Waals surface area contributed by atoms with Gasteiger partial charge in [0.1, 0.15) is 0 Å². The molecular weight excluding hydrogens is 271 g/mol. The quantitative estimate of drug-likeness (QED) is 0.392. The maximum absolute atomic E-state index is 12.4. The minimum Gasteiger partial charge on any atom is -0.479 e. The highest BCUT2D eigenvalue weighted by Crippen LogP contribution is 2.29. The van der Waals surface area contributed by atoms with Crippen molar-refractivity contribution in [3.63, 3.8) is 0 Å². The van der Waals surface area contributed by atoms with Gasteiger partial charge in [-0.3, -0.25) is 0 Å². The zero-order valence-electron chi connectivity index (χ0n) is 11.2. The van der Waals surface area contributed by atoms with Crippen LogP contribution >= 0.6 is 0 Å². The van der Waals surface area contributed by atoms with Crippen molar-refractivity contribution in [1.82, 2.24) is 5.32 Å². The number of alkyl halides is 3. The Hall–Kier alpha value is -1.89. The van der Waals surface area contributed by atoms with E-state index >= 15 is 0 Å². The van der Waals surface area contributed by atoms with E-state index in [1.165, 1.54) is 19.2 Å². The third kappa shape index (κ3) is 5.00. The molecule has 4 nitrogen and oxygen atoms in total. The van der Waals surface area contributed by atoms with Crippen LogP contribution in [0.3, 0.4) is 0 Å². The highest BCUT2D eigenvalue weighted by atomic mass is 19.4. The molecular formula is C13H16F3N3O. The van der Waals surface area contributed by atoms with Crippen molar-refractivity contribution in [3.05, 3.63) is 35.4 Å². The number of hydrogen-bond donors (Lipinski definition) is 1. The molecule has 0 atom stereocenters. The van der Waals surface area contributed by atoms with Gasteiger partial charge in [-0.25, -0.2) is 0 Å². The molecule has 0 fully saturated rings. The fraction of sp³-hybridized carbons (Fsp3) is 0.385. The molecule has 0 aromatic heterocycles. The number of rotatable bonds is 5. The van der Waals surface area contributed by atoms with Gasteiger partial charge in [0.2, 0.25) is 5.90 Å². The Balaban J connectivity index is 2.80. The predicted octanol–water partition coefficient (Wildman–Crippen LogP) is 2.69. The van der Waals surface area contributed by atoms with Crippen LogP contribution in [0, 0.1) is 0 Å². The van der Waals surface area contributed by atoms with Crippen LogP contribution in [-0.4, -0.2) is 32.3 Å². The summed E-state index contributed by atoms with van der Waals surface area (Å²) in [6.07, 6.45) is -2.81. The minimum atomic E-state index is -4.35. The molecule has 110 valence electrons. The molecule has 0 aliphatic heterocycles. The second kappa shape index (κ2) is 7.64. The number of nitrogens with zero attached hydrogens (tertiary/aromatic N) is 2. The van der Waals surface area contributed by atoms with Crippen LogP contribution in [0.25, 0.3) is 0 Å². The molecule has 1 N–H and O–H groups in total. The summed E-state index contributed by atoms with van der Waals surface area (Å²) in [5, 5.41) is 10.6. The van der Waals surface area contributed by atoms with Crippen molar-refractivity contribution in [2.45, 2.75) is 13.1 Å². The first kappa shape index (κ1) is 16.2. The van der Waals surface area contributed by atoms with Gasteiger partial charge in [-0.1, -0.05) is 6.92 Å². The van der Waals surface area contributed by atoms with Crippen LogP contribution in [-0.2, 0) is 10.9 Å². The summed E-state index contributed by atoms with van der Waals surface area (Å²) in [6, 6.07) is 4.55. The van der Waals surface area contributed by atoms with E-state index in [1.807, 2.05) is 6.92 Å². The van der Waals surface area contributed by atoms with E-state index in [-0.39, 0.29) is 5.90 Å². The van der Waals surface area contributed by atoms with Crippen LogP contribution in [0.5, 0.6) is 0 Å².